The smallest absolute Gasteiger partial charge is 0.276 e. The number of benzene rings is 1. The molecule has 0 saturated carbocycles. The van der Waals surface area contributed by atoms with Crippen molar-refractivity contribution in [2.45, 2.75) is 20.8 Å². The van der Waals surface area contributed by atoms with Gasteiger partial charge in [-0.1, -0.05) is 12.1 Å². The Balaban J connectivity index is 2.58. The molecule has 0 unspecified atom stereocenters. The lowest BCUT2D eigenvalue weighted by Gasteiger charge is -2.35. The summed E-state index contributed by atoms with van der Waals surface area (Å²) in [5, 5.41) is 2.06. The fraction of sp³-hybridized carbons (Fsp3) is 0.308. The molecule has 0 radical (unpaired) electrons. The lowest BCUT2D eigenvalue weighted by Crippen LogP contribution is -2.62. The molecule has 1 fully saturated rings. The molecule has 1 aromatic carbocycles. The van der Waals surface area contributed by atoms with E-state index in [1.807, 2.05) is 0 Å². The average molecular weight is 264 g/mol. The highest BCUT2D eigenvalue weighted by atomic mass is 19.1. The van der Waals surface area contributed by atoms with E-state index in [4.69, 9.17) is 0 Å². The maximum atomic E-state index is 13.9. The van der Waals surface area contributed by atoms with Crippen molar-refractivity contribution in [2.75, 3.05) is 4.90 Å². The Morgan fingerprint density at radius 1 is 1.21 bits per heavy atom. The quantitative estimate of drug-likeness (QED) is 0.786. The highest BCUT2D eigenvalue weighted by Gasteiger charge is 2.48. The van der Waals surface area contributed by atoms with Gasteiger partial charge in [0.1, 0.15) is 11.2 Å². The van der Waals surface area contributed by atoms with Gasteiger partial charge in [0.25, 0.3) is 0 Å². The normalized spacial score (nSPS) is 18.5. The Bertz CT molecular complexity index is 575. The summed E-state index contributed by atoms with van der Waals surface area (Å²) in [5.74, 6) is -2.11. The van der Waals surface area contributed by atoms with Gasteiger partial charge >= 0.3 is 6.03 Å². The van der Waals surface area contributed by atoms with Crippen LogP contribution in [-0.4, -0.2) is 17.8 Å². The lowest BCUT2D eigenvalue weighted by atomic mass is 9.88. The molecule has 4 amide bonds. The number of imide groups is 2. The number of urea groups is 1. The molecule has 1 aliphatic rings. The van der Waals surface area contributed by atoms with Crippen LogP contribution in [0.25, 0.3) is 0 Å². The maximum absolute atomic E-state index is 13.9. The lowest BCUT2D eigenvalue weighted by molar-refractivity contribution is -0.140. The molecule has 0 aliphatic carbocycles. The number of barbiturate groups is 1. The largest absolute Gasteiger partial charge is 0.335 e. The van der Waals surface area contributed by atoms with Crippen molar-refractivity contribution in [1.29, 1.82) is 0 Å². The van der Waals surface area contributed by atoms with Gasteiger partial charge in [-0.2, -0.15) is 0 Å². The molecule has 0 aromatic heterocycles. The van der Waals surface area contributed by atoms with E-state index >= 15 is 0 Å². The Hall–Kier alpha value is -2.24. The molecule has 0 atom stereocenters. The predicted octanol–water partition coefficient (Wildman–Crippen LogP) is 1.74. The van der Waals surface area contributed by atoms with Crippen LogP contribution in [0.15, 0.2) is 18.2 Å². The second-order valence-electron chi connectivity index (χ2n) is 4.93. The number of halogens is 1. The average Bonchev–Trinajstić information content (AvgIpc) is 2.31. The summed E-state index contributed by atoms with van der Waals surface area (Å²) in [7, 11) is 0. The molecule has 2 rings (SSSR count). The van der Waals surface area contributed by atoms with Crippen LogP contribution in [0, 0.1) is 18.2 Å². The van der Waals surface area contributed by atoms with Crippen molar-refractivity contribution in [3.63, 3.8) is 0 Å². The number of aryl methyl sites for hydroxylation is 1. The third-order valence-electron chi connectivity index (χ3n) is 3.14. The first kappa shape index (κ1) is 13.2. The summed E-state index contributed by atoms with van der Waals surface area (Å²) in [5.41, 5.74) is -1.10. The standard InChI is InChI=1S/C13H13FN2O3/c1-7-5-4-6-8(14)9(7)16-11(18)13(2,3)10(17)15-12(16)19/h4-6H,1-3H3,(H,15,17,19). The molecule has 100 valence electrons. The van der Waals surface area contributed by atoms with Gasteiger partial charge in [0.05, 0.1) is 5.69 Å². The number of para-hydroxylation sites is 1. The molecule has 1 N–H and O–H groups in total. The van der Waals surface area contributed by atoms with Crippen molar-refractivity contribution >= 4 is 23.5 Å². The molecule has 6 heteroatoms. The Morgan fingerprint density at radius 2 is 1.84 bits per heavy atom. The summed E-state index contributed by atoms with van der Waals surface area (Å²) in [6.07, 6.45) is 0. The Morgan fingerprint density at radius 3 is 2.42 bits per heavy atom. The zero-order chi connectivity index (χ0) is 14.4. The number of hydrogen-bond acceptors (Lipinski definition) is 3. The first-order chi connectivity index (χ1) is 8.76. The minimum absolute atomic E-state index is 0.120. The highest BCUT2D eigenvalue weighted by Crippen LogP contribution is 2.31. The highest BCUT2D eigenvalue weighted by molar-refractivity contribution is 6.29. The van der Waals surface area contributed by atoms with Gasteiger partial charge in [0, 0.05) is 0 Å². The fourth-order valence-corrected chi connectivity index (χ4v) is 1.89. The van der Waals surface area contributed by atoms with Gasteiger partial charge in [-0.3, -0.25) is 14.9 Å². The summed E-state index contributed by atoms with van der Waals surface area (Å²) >= 11 is 0. The van der Waals surface area contributed by atoms with Gasteiger partial charge in [0.15, 0.2) is 0 Å². The van der Waals surface area contributed by atoms with E-state index < -0.39 is 29.1 Å². The third-order valence-corrected chi connectivity index (χ3v) is 3.14. The molecule has 1 aromatic rings. The van der Waals surface area contributed by atoms with Gasteiger partial charge < -0.3 is 0 Å². The van der Waals surface area contributed by atoms with Crippen molar-refractivity contribution in [1.82, 2.24) is 5.32 Å². The topological polar surface area (TPSA) is 66.5 Å². The van der Waals surface area contributed by atoms with E-state index in [0.29, 0.717) is 10.5 Å². The number of anilines is 1. The van der Waals surface area contributed by atoms with E-state index in [2.05, 4.69) is 5.32 Å². The maximum Gasteiger partial charge on any atom is 0.335 e. The van der Waals surface area contributed by atoms with Crippen molar-refractivity contribution in [2.24, 2.45) is 5.41 Å². The van der Waals surface area contributed by atoms with Crippen LogP contribution in [0.2, 0.25) is 0 Å². The number of rotatable bonds is 1. The van der Waals surface area contributed by atoms with Crippen LogP contribution in [0.4, 0.5) is 14.9 Å². The Kier molecular flexibility index (Phi) is 2.88. The number of carbonyl (C=O) groups is 3. The van der Waals surface area contributed by atoms with Gasteiger partial charge in [-0.15, -0.1) is 0 Å². The molecule has 0 bridgehead atoms. The molecule has 0 spiro atoms. The first-order valence-corrected chi connectivity index (χ1v) is 5.72. The minimum atomic E-state index is -1.41. The second kappa shape index (κ2) is 4.15. The van der Waals surface area contributed by atoms with Gasteiger partial charge in [-0.05, 0) is 32.4 Å². The molecular weight excluding hydrogens is 251 g/mol. The summed E-state index contributed by atoms with van der Waals surface area (Å²) in [6.45, 7) is 4.36. The molecule has 1 heterocycles. The molecule has 5 nitrogen and oxygen atoms in total. The second-order valence-corrected chi connectivity index (χ2v) is 4.93. The van der Waals surface area contributed by atoms with Gasteiger partial charge in [-0.25, -0.2) is 14.1 Å². The van der Waals surface area contributed by atoms with E-state index in [-0.39, 0.29) is 5.69 Å². The zero-order valence-electron chi connectivity index (χ0n) is 10.8. The van der Waals surface area contributed by atoms with Crippen LogP contribution < -0.4 is 10.2 Å². The van der Waals surface area contributed by atoms with Crippen LogP contribution in [0.1, 0.15) is 19.4 Å². The summed E-state index contributed by atoms with van der Waals surface area (Å²) in [4.78, 5) is 36.4. The first-order valence-electron chi connectivity index (χ1n) is 5.72. The number of nitrogens with one attached hydrogen (secondary N) is 1. The van der Waals surface area contributed by atoms with E-state index in [9.17, 15) is 18.8 Å². The third kappa shape index (κ3) is 1.89. The SMILES string of the molecule is Cc1cccc(F)c1N1C(=O)NC(=O)C(C)(C)C1=O. The Labute approximate surface area is 109 Å². The zero-order valence-corrected chi connectivity index (χ0v) is 10.8. The number of amides is 4. The molecule has 1 aliphatic heterocycles. The van der Waals surface area contributed by atoms with Crippen LogP contribution in [0.3, 0.4) is 0 Å². The van der Waals surface area contributed by atoms with Gasteiger partial charge in [0.2, 0.25) is 11.8 Å². The van der Waals surface area contributed by atoms with Crippen LogP contribution >= 0.6 is 0 Å². The van der Waals surface area contributed by atoms with E-state index in [0.717, 1.165) is 6.07 Å². The molecule has 19 heavy (non-hydrogen) atoms. The molecular formula is C13H13FN2O3. The number of carbonyl (C=O) groups excluding carboxylic acids is 3. The van der Waals surface area contributed by atoms with Crippen molar-refractivity contribution in [3.05, 3.63) is 29.6 Å². The molecule has 1 saturated heterocycles. The van der Waals surface area contributed by atoms with E-state index in [1.54, 1.807) is 13.0 Å². The fourth-order valence-electron chi connectivity index (χ4n) is 1.89. The number of hydrogen-bond donors (Lipinski definition) is 1. The predicted molar refractivity (Wildman–Crippen MR) is 65.9 cm³/mol. The van der Waals surface area contributed by atoms with E-state index in [1.165, 1.54) is 19.9 Å². The van der Waals surface area contributed by atoms with Crippen molar-refractivity contribution < 1.29 is 18.8 Å². The summed E-state index contributed by atoms with van der Waals surface area (Å²) < 4.78 is 13.9. The minimum Gasteiger partial charge on any atom is -0.276 e. The summed E-state index contributed by atoms with van der Waals surface area (Å²) in [6, 6.07) is 3.30. The van der Waals surface area contributed by atoms with Crippen LogP contribution in [0.5, 0.6) is 0 Å². The monoisotopic (exact) mass is 264 g/mol. The van der Waals surface area contributed by atoms with Crippen LogP contribution in [-0.2, 0) is 9.59 Å². The van der Waals surface area contributed by atoms with Crippen molar-refractivity contribution in [3.8, 4) is 0 Å². The number of nitrogens with zero attached hydrogens (tertiary/aromatic N) is 1.